The highest BCUT2D eigenvalue weighted by Gasteiger charge is 2.14. The third-order valence-electron chi connectivity index (χ3n) is 2.22. The highest BCUT2D eigenvalue weighted by Crippen LogP contribution is 2.30. The van der Waals surface area contributed by atoms with Gasteiger partial charge in [-0.2, -0.15) is 0 Å². The molecule has 0 fully saturated rings. The lowest BCUT2D eigenvalue weighted by atomic mass is 10.2. The highest BCUT2D eigenvalue weighted by atomic mass is 32.2. The molecule has 17 heavy (non-hydrogen) atoms. The van der Waals surface area contributed by atoms with Crippen LogP contribution >= 0.6 is 23.5 Å². The number of hydrogen-bond acceptors (Lipinski definition) is 4. The van der Waals surface area contributed by atoms with Crippen molar-refractivity contribution in [1.29, 1.82) is 0 Å². The van der Waals surface area contributed by atoms with Gasteiger partial charge in [0.25, 0.3) is 0 Å². The van der Waals surface area contributed by atoms with E-state index in [0.717, 1.165) is 22.1 Å². The summed E-state index contributed by atoms with van der Waals surface area (Å²) in [5.41, 5.74) is 0.434. The number of benzene rings is 1. The summed E-state index contributed by atoms with van der Waals surface area (Å²) in [7, 11) is 4.02. The summed E-state index contributed by atoms with van der Waals surface area (Å²) in [5, 5.41) is 9.25. The quantitative estimate of drug-likeness (QED) is 0.806. The van der Waals surface area contributed by atoms with E-state index in [-0.39, 0.29) is 0 Å². The first kappa shape index (κ1) is 14.4. The molecule has 5 heteroatoms. The van der Waals surface area contributed by atoms with E-state index in [9.17, 15) is 9.90 Å². The van der Waals surface area contributed by atoms with E-state index in [4.69, 9.17) is 0 Å². The second kappa shape index (κ2) is 6.93. The van der Waals surface area contributed by atoms with Gasteiger partial charge in [-0.25, -0.2) is 4.79 Å². The largest absolute Gasteiger partial charge is 0.478 e. The fourth-order valence-electron chi connectivity index (χ4n) is 1.35. The molecule has 0 heterocycles. The minimum absolute atomic E-state index is 0.434. The van der Waals surface area contributed by atoms with Gasteiger partial charge in [0, 0.05) is 22.1 Å². The molecule has 1 aromatic carbocycles. The first-order valence-corrected chi connectivity index (χ1v) is 7.45. The number of rotatable bonds is 6. The van der Waals surface area contributed by atoms with Crippen molar-refractivity contribution in [2.24, 2.45) is 0 Å². The highest BCUT2D eigenvalue weighted by molar-refractivity contribution is 8.00. The third-order valence-corrected chi connectivity index (χ3v) is 4.04. The van der Waals surface area contributed by atoms with Gasteiger partial charge in [-0.05, 0) is 32.5 Å². The van der Waals surface area contributed by atoms with Gasteiger partial charge < -0.3 is 10.0 Å². The predicted molar refractivity (Wildman–Crippen MR) is 74.5 cm³/mol. The van der Waals surface area contributed by atoms with Crippen LogP contribution in [0.25, 0.3) is 0 Å². The molecule has 1 aromatic rings. The SMILES string of the molecule is CSc1cccc(SCCN(C)C)c1C(=O)O. The van der Waals surface area contributed by atoms with Crippen LogP contribution in [0.1, 0.15) is 10.4 Å². The molecule has 0 spiro atoms. The zero-order chi connectivity index (χ0) is 12.8. The molecule has 0 unspecified atom stereocenters. The van der Waals surface area contributed by atoms with Crippen molar-refractivity contribution in [3.05, 3.63) is 23.8 Å². The Bertz CT molecular complexity index is 394. The monoisotopic (exact) mass is 271 g/mol. The zero-order valence-corrected chi connectivity index (χ0v) is 11.9. The summed E-state index contributed by atoms with van der Waals surface area (Å²) in [5.74, 6) is 0.0489. The van der Waals surface area contributed by atoms with Gasteiger partial charge >= 0.3 is 5.97 Å². The van der Waals surface area contributed by atoms with Crippen LogP contribution < -0.4 is 0 Å². The van der Waals surface area contributed by atoms with Crippen molar-refractivity contribution in [3.63, 3.8) is 0 Å². The van der Waals surface area contributed by atoms with Crippen molar-refractivity contribution < 1.29 is 9.90 Å². The number of carbonyl (C=O) groups is 1. The third kappa shape index (κ3) is 4.26. The lowest BCUT2D eigenvalue weighted by Crippen LogP contribution is -2.15. The normalized spacial score (nSPS) is 10.8. The number of thioether (sulfide) groups is 2. The predicted octanol–water partition coefficient (Wildman–Crippen LogP) is 2.76. The second-order valence-corrected chi connectivity index (χ2v) is 5.78. The minimum Gasteiger partial charge on any atom is -0.478 e. The number of nitrogens with zero attached hydrogens (tertiary/aromatic N) is 1. The molecular formula is C12H17NO2S2. The molecule has 3 nitrogen and oxygen atoms in total. The van der Waals surface area contributed by atoms with Crippen LogP contribution in [0.3, 0.4) is 0 Å². The molecule has 0 radical (unpaired) electrons. The van der Waals surface area contributed by atoms with Crippen molar-refractivity contribution >= 4 is 29.5 Å². The van der Waals surface area contributed by atoms with Crippen molar-refractivity contribution in [3.8, 4) is 0 Å². The minimum atomic E-state index is -0.845. The topological polar surface area (TPSA) is 40.5 Å². The van der Waals surface area contributed by atoms with Crippen LogP contribution in [0.2, 0.25) is 0 Å². The van der Waals surface area contributed by atoms with Gasteiger partial charge in [-0.15, -0.1) is 23.5 Å². The number of aromatic carboxylic acids is 1. The summed E-state index contributed by atoms with van der Waals surface area (Å²) >= 11 is 3.07. The Morgan fingerprint density at radius 3 is 2.53 bits per heavy atom. The summed E-state index contributed by atoms with van der Waals surface area (Å²) in [6, 6.07) is 5.64. The fraction of sp³-hybridized carbons (Fsp3) is 0.417. The first-order valence-electron chi connectivity index (χ1n) is 5.24. The molecule has 0 atom stereocenters. The molecule has 94 valence electrons. The van der Waals surface area contributed by atoms with Gasteiger partial charge in [0.2, 0.25) is 0 Å². The van der Waals surface area contributed by atoms with Crippen LogP contribution in [0, 0.1) is 0 Å². The van der Waals surface area contributed by atoms with E-state index in [1.165, 1.54) is 11.8 Å². The first-order chi connectivity index (χ1) is 8.06. The van der Waals surface area contributed by atoms with Crippen LogP contribution in [-0.4, -0.2) is 48.6 Å². The number of carboxylic acid groups (broad SMARTS) is 1. The lowest BCUT2D eigenvalue weighted by Gasteiger charge is -2.11. The Kier molecular flexibility index (Phi) is 5.88. The van der Waals surface area contributed by atoms with Gasteiger partial charge in [0.05, 0.1) is 5.56 Å². The molecule has 0 amide bonds. The Morgan fingerprint density at radius 2 is 2.00 bits per heavy atom. The van der Waals surface area contributed by atoms with Gasteiger partial charge in [0.1, 0.15) is 0 Å². The summed E-state index contributed by atoms with van der Waals surface area (Å²) in [6.45, 7) is 0.938. The van der Waals surface area contributed by atoms with Crippen LogP contribution in [0.4, 0.5) is 0 Å². The van der Waals surface area contributed by atoms with E-state index in [2.05, 4.69) is 4.90 Å². The van der Waals surface area contributed by atoms with E-state index in [0.29, 0.717) is 5.56 Å². The zero-order valence-electron chi connectivity index (χ0n) is 10.3. The molecule has 0 aliphatic heterocycles. The Balaban J connectivity index is 2.87. The van der Waals surface area contributed by atoms with E-state index < -0.39 is 5.97 Å². The van der Waals surface area contributed by atoms with Gasteiger partial charge in [0.15, 0.2) is 0 Å². The maximum absolute atomic E-state index is 11.3. The summed E-state index contributed by atoms with van der Waals surface area (Å²) in [4.78, 5) is 15.0. The molecule has 0 saturated heterocycles. The van der Waals surface area contributed by atoms with Crippen LogP contribution in [0.5, 0.6) is 0 Å². The molecule has 0 aliphatic rings. The van der Waals surface area contributed by atoms with Crippen LogP contribution in [0.15, 0.2) is 28.0 Å². The Morgan fingerprint density at radius 1 is 1.35 bits per heavy atom. The van der Waals surface area contributed by atoms with E-state index in [1.807, 2.05) is 38.6 Å². The number of hydrogen-bond donors (Lipinski definition) is 1. The van der Waals surface area contributed by atoms with E-state index >= 15 is 0 Å². The van der Waals surface area contributed by atoms with Crippen molar-refractivity contribution in [2.45, 2.75) is 9.79 Å². The maximum atomic E-state index is 11.3. The Hall–Kier alpha value is -0.650. The summed E-state index contributed by atoms with van der Waals surface area (Å²) < 4.78 is 0. The average Bonchev–Trinajstić information content (AvgIpc) is 2.27. The smallest absolute Gasteiger partial charge is 0.337 e. The molecule has 0 aliphatic carbocycles. The molecule has 1 N–H and O–H groups in total. The number of carboxylic acids is 1. The van der Waals surface area contributed by atoms with Crippen LogP contribution in [-0.2, 0) is 0 Å². The standard InChI is InChI=1S/C12H17NO2S2/c1-13(2)7-8-17-10-6-4-5-9(16-3)11(10)12(14)15/h4-6H,7-8H2,1-3H3,(H,14,15). The van der Waals surface area contributed by atoms with Gasteiger partial charge in [-0.1, -0.05) is 6.07 Å². The lowest BCUT2D eigenvalue weighted by molar-refractivity contribution is 0.0689. The molecular weight excluding hydrogens is 254 g/mol. The van der Waals surface area contributed by atoms with Gasteiger partial charge in [-0.3, -0.25) is 0 Å². The van der Waals surface area contributed by atoms with Crippen molar-refractivity contribution in [1.82, 2.24) is 4.90 Å². The summed E-state index contributed by atoms with van der Waals surface area (Å²) in [6.07, 6.45) is 1.90. The Labute approximate surface area is 111 Å². The molecule has 0 aromatic heterocycles. The molecule has 0 bridgehead atoms. The maximum Gasteiger partial charge on any atom is 0.337 e. The van der Waals surface area contributed by atoms with E-state index in [1.54, 1.807) is 11.8 Å². The molecule has 1 rings (SSSR count). The van der Waals surface area contributed by atoms with Crippen molar-refractivity contribution in [2.75, 3.05) is 32.6 Å². The fourth-order valence-corrected chi connectivity index (χ4v) is 3.22. The second-order valence-electron chi connectivity index (χ2n) is 3.79. The molecule has 0 saturated carbocycles. The average molecular weight is 271 g/mol.